The SMILES string of the molecule is O=[C]C(=O)COCCOCCOCCO. The predicted octanol–water partition coefficient (Wildman–Crippen LogP) is -1.29. The quantitative estimate of drug-likeness (QED) is 0.344. The number of carbonyl (C=O) groups is 1. The second-order valence-corrected chi connectivity index (χ2v) is 2.53. The first-order valence-electron chi connectivity index (χ1n) is 4.56. The van der Waals surface area contributed by atoms with Gasteiger partial charge in [0, 0.05) is 0 Å². The molecule has 0 amide bonds. The normalized spacial score (nSPS) is 10.2. The van der Waals surface area contributed by atoms with Crippen LogP contribution in [0, 0.1) is 0 Å². The summed E-state index contributed by atoms with van der Waals surface area (Å²) in [5, 5.41) is 8.37. The molecule has 0 bridgehead atoms. The van der Waals surface area contributed by atoms with Crippen molar-refractivity contribution in [2.24, 2.45) is 0 Å². The van der Waals surface area contributed by atoms with Gasteiger partial charge in [0.2, 0.25) is 5.78 Å². The van der Waals surface area contributed by atoms with E-state index in [1.165, 1.54) is 6.29 Å². The van der Waals surface area contributed by atoms with Crippen LogP contribution >= 0.6 is 0 Å². The minimum atomic E-state index is -0.707. The highest BCUT2D eigenvalue weighted by atomic mass is 16.5. The van der Waals surface area contributed by atoms with Crippen LogP contribution in [0.25, 0.3) is 0 Å². The van der Waals surface area contributed by atoms with Gasteiger partial charge in [-0.1, -0.05) is 0 Å². The highest BCUT2D eigenvalue weighted by Gasteiger charge is 1.99. The fraction of sp³-hybridized carbons (Fsp3) is 0.778. The number of ether oxygens (including phenoxy) is 3. The number of aliphatic hydroxyl groups is 1. The molecule has 0 saturated heterocycles. The molecule has 0 aromatic heterocycles. The molecular formula is C9H15O6. The lowest BCUT2D eigenvalue weighted by Crippen LogP contribution is -2.14. The lowest BCUT2D eigenvalue weighted by atomic mass is 10.5. The van der Waals surface area contributed by atoms with E-state index >= 15 is 0 Å². The fourth-order valence-electron chi connectivity index (χ4n) is 0.699. The molecule has 0 aromatic rings. The van der Waals surface area contributed by atoms with E-state index < -0.39 is 5.78 Å². The number of hydrogen-bond donors (Lipinski definition) is 1. The summed E-state index contributed by atoms with van der Waals surface area (Å²) in [4.78, 5) is 20.1. The van der Waals surface area contributed by atoms with Crippen molar-refractivity contribution in [2.75, 3.05) is 46.2 Å². The van der Waals surface area contributed by atoms with E-state index in [1.807, 2.05) is 0 Å². The number of rotatable bonds is 11. The molecule has 15 heavy (non-hydrogen) atoms. The molecule has 0 aliphatic carbocycles. The molecule has 1 radical (unpaired) electrons. The Morgan fingerprint density at radius 1 is 1.00 bits per heavy atom. The van der Waals surface area contributed by atoms with Gasteiger partial charge in [-0.25, -0.2) is 0 Å². The molecule has 1 N–H and O–H groups in total. The highest BCUT2D eigenvalue weighted by Crippen LogP contribution is 1.81. The van der Waals surface area contributed by atoms with Gasteiger partial charge in [0.15, 0.2) is 0 Å². The van der Waals surface area contributed by atoms with Gasteiger partial charge >= 0.3 is 0 Å². The number of hydrogen-bond acceptors (Lipinski definition) is 6. The van der Waals surface area contributed by atoms with Gasteiger partial charge in [-0.15, -0.1) is 0 Å². The molecule has 6 nitrogen and oxygen atoms in total. The largest absolute Gasteiger partial charge is 0.394 e. The molecule has 0 rings (SSSR count). The Hall–Kier alpha value is -0.820. The molecular weight excluding hydrogens is 204 g/mol. The second-order valence-electron chi connectivity index (χ2n) is 2.53. The van der Waals surface area contributed by atoms with E-state index in [-0.39, 0.29) is 19.8 Å². The average molecular weight is 219 g/mol. The van der Waals surface area contributed by atoms with Gasteiger partial charge in [0.05, 0.1) is 39.6 Å². The summed E-state index contributed by atoms with van der Waals surface area (Å²) < 4.78 is 14.8. The van der Waals surface area contributed by atoms with Crippen LogP contribution in [0.2, 0.25) is 0 Å². The van der Waals surface area contributed by atoms with E-state index in [1.54, 1.807) is 0 Å². The number of ketones is 1. The van der Waals surface area contributed by atoms with E-state index in [9.17, 15) is 9.59 Å². The van der Waals surface area contributed by atoms with Gasteiger partial charge in [-0.3, -0.25) is 9.59 Å². The topological polar surface area (TPSA) is 82.1 Å². The van der Waals surface area contributed by atoms with Crippen LogP contribution in [0.3, 0.4) is 0 Å². The van der Waals surface area contributed by atoms with Gasteiger partial charge < -0.3 is 19.3 Å². The Balaban J connectivity index is 2.98. The first-order chi connectivity index (χ1) is 7.31. The second kappa shape index (κ2) is 11.3. The smallest absolute Gasteiger partial charge is 0.274 e. The summed E-state index contributed by atoms with van der Waals surface area (Å²) in [6.07, 6.45) is 1.19. The Morgan fingerprint density at radius 2 is 1.53 bits per heavy atom. The van der Waals surface area contributed by atoms with Crippen LogP contribution in [0.1, 0.15) is 0 Å². The summed E-state index contributed by atoms with van der Waals surface area (Å²) in [6.45, 7) is 1.41. The van der Waals surface area contributed by atoms with Crippen molar-refractivity contribution < 1.29 is 28.9 Å². The Labute approximate surface area is 88.1 Å². The van der Waals surface area contributed by atoms with Crippen molar-refractivity contribution in [1.82, 2.24) is 0 Å². The van der Waals surface area contributed by atoms with Crippen molar-refractivity contribution >= 4 is 12.1 Å². The molecule has 87 valence electrons. The summed E-state index contributed by atoms with van der Waals surface area (Å²) in [5.41, 5.74) is 0. The Bertz CT molecular complexity index is 170. The van der Waals surface area contributed by atoms with Crippen molar-refractivity contribution in [1.29, 1.82) is 0 Å². The van der Waals surface area contributed by atoms with E-state index in [2.05, 4.69) is 0 Å². The Morgan fingerprint density at radius 3 is 2.07 bits per heavy atom. The maximum absolute atomic E-state index is 10.4. The maximum atomic E-state index is 10.4. The molecule has 0 aliphatic heterocycles. The first-order valence-corrected chi connectivity index (χ1v) is 4.56. The predicted molar refractivity (Wildman–Crippen MR) is 50.2 cm³/mol. The van der Waals surface area contributed by atoms with E-state index in [4.69, 9.17) is 19.3 Å². The summed E-state index contributed by atoms with van der Waals surface area (Å²) >= 11 is 0. The molecule has 0 saturated carbocycles. The van der Waals surface area contributed by atoms with Crippen LogP contribution < -0.4 is 0 Å². The summed E-state index contributed by atoms with van der Waals surface area (Å²) in [5.74, 6) is -0.707. The minimum Gasteiger partial charge on any atom is -0.394 e. The van der Waals surface area contributed by atoms with Crippen LogP contribution in [-0.2, 0) is 23.8 Å². The van der Waals surface area contributed by atoms with Gasteiger partial charge in [-0.05, 0) is 0 Å². The minimum absolute atomic E-state index is 0.00653. The molecule has 6 heteroatoms. The van der Waals surface area contributed by atoms with Gasteiger partial charge in [-0.2, -0.15) is 0 Å². The molecule has 0 atom stereocenters. The highest BCUT2D eigenvalue weighted by molar-refractivity contribution is 6.26. The van der Waals surface area contributed by atoms with Crippen LogP contribution in [0.4, 0.5) is 0 Å². The Kier molecular flexibility index (Phi) is 10.6. The standard InChI is InChI=1S/C9H15O6/c10-1-2-13-3-4-14-5-6-15-8-9(12)7-11/h10H,1-6,8H2. The summed E-state index contributed by atoms with van der Waals surface area (Å²) in [7, 11) is 0. The van der Waals surface area contributed by atoms with E-state index in [0.717, 1.165) is 0 Å². The molecule has 0 aliphatic rings. The zero-order valence-electron chi connectivity index (χ0n) is 8.44. The maximum Gasteiger partial charge on any atom is 0.274 e. The van der Waals surface area contributed by atoms with E-state index in [0.29, 0.717) is 26.4 Å². The van der Waals surface area contributed by atoms with Crippen molar-refractivity contribution in [3.8, 4) is 0 Å². The first kappa shape index (κ1) is 14.2. The van der Waals surface area contributed by atoms with Crippen molar-refractivity contribution in [3.05, 3.63) is 0 Å². The van der Waals surface area contributed by atoms with Crippen LogP contribution in [0.5, 0.6) is 0 Å². The van der Waals surface area contributed by atoms with Gasteiger partial charge in [0.1, 0.15) is 6.61 Å². The third-order valence-corrected chi connectivity index (χ3v) is 1.33. The molecule has 0 aromatic carbocycles. The summed E-state index contributed by atoms with van der Waals surface area (Å²) in [6, 6.07) is 0. The zero-order chi connectivity index (χ0) is 11.4. The molecule has 0 unspecified atom stereocenters. The lowest BCUT2D eigenvalue weighted by Gasteiger charge is -2.04. The fourth-order valence-corrected chi connectivity index (χ4v) is 0.699. The number of Topliss-reactive ketones (excluding diaryl/α,β-unsaturated/α-hetero) is 1. The molecule has 0 fully saturated rings. The third kappa shape index (κ3) is 11.1. The lowest BCUT2D eigenvalue weighted by molar-refractivity contribution is -0.117. The van der Waals surface area contributed by atoms with Crippen LogP contribution in [-0.4, -0.2) is 63.4 Å². The molecule has 0 spiro atoms. The number of carbonyl (C=O) groups excluding carboxylic acids is 2. The monoisotopic (exact) mass is 219 g/mol. The van der Waals surface area contributed by atoms with Crippen molar-refractivity contribution in [2.45, 2.75) is 0 Å². The van der Waals surface area contributed by atoms with Gasteiger partial charge in [0.25, 0.3) is 6.29 Å². The van der Waals surface area contributed by atoms with Crippen molar-refractivity contribution in [3.63, 3.8) is 0 Å². The average Bonchev–Trinajstić information content (AvgIpc) is 2.26. The number of aliphatic hydroxyl groups excluding tert-OH is 1. The molecule has 0 heterocycles. The third-order valence-electron chi connectivity index (χ3n) is 1.33. The van der Waals surface area contributed by atoms with Crippen LogP contribution in [0.15, 0.2) is 0 Å². The zero-order valence-corrected chi connectivity index (χ0v) is 8.44.